The summed E-state index contributed by atoms with van der Waals surface area (Å²) in [6.45, 7) is 0. The number of nitriles is 1. The molecule has 0 aliphatic rings. The van der Waals surface area contributed by atoms with Crippen LogP contribution in [-0.4, -0.2) is 9.97 Å². The van der Waals surface area contributed by atoms with E-state index in [9.17, 15) is 0 Å². The molecule has 1 heterocycles. The molecule has 0 saturated carbocycles. The van der Waals surface area contributed by atoms with Crippen LogP contribution in [0.3, 0.4) is 0 Å². The zero-order valence-electron chi connectivity index (χ0n) is 8.39. The Kier molecular flexibility index (Phi) is 3.57. The summed E-state index contributed by atoms with van der Waals surface area (Å²) < 4.78 is 6.29. The molecule has 17 heavy (non-hydrogen) atoms. The molecule has 0 amide bonds. The van der Waals surface area contributed by atoms with Crippen LogP contribution in [0.4, 0.5) is 0 Å². The summed E-state index contributed by atoms with van der Waals surface area (Å²) in [6.07, 6.45) is 2.71. The monoisotopic (exact) mass is 309 g/mol. The molecule has 2 rings (SSSR count). The van der Waals surface area contributed by atoms with Crippen LogP contribution >= 0.6 is 27.5 Å². The highest BCUT2D eigenvalue weighted by atomic mass is 79.9. The summed E-state index contributed by atoms with van der Waals surface area (Å²) in [6, 6.07) is 7.11. The number of aromatic nitrogens is 2. The second kappa shape index (κ2) is 5.13. The second-order valence-electron chi connectivity index (χ2n) is 3.03. The fourth-order valence-corrected chi connectivity index (χ4v) is 1.59. The van der Waals surface area contributed by atoms with E-state index < -0.39 is 0 Å². The molecule has 84 valence electrons. The molecule has 6 heteroatoms. The van der Waals surface area contributed by atoms with Gasteiger partial charge in [0.25, 0.3) is 0 Å². The fraction of sp³-hybridized carbons (Fsp3) is 0. The van der Waals surface area contributed by atoms with Gasteiger partial charge in [0, 0.05) is 4.47 Å². The minimum Gasteiger partial charge on any atom is -0.436 e. The Bertz CT molecular complexity index is 580. The molecule has 0 spiro atoms. The number of benzene rings is 1. The normalized spacial score (nSPS) is 9.71. The number of halogens is 2. The lowest BCUT2D eigenvalue weighted by atomic mass is 10.3. The summed E-state index contributed by atoms with van der Waals surface area (Å²) >= 11 is 9.27. The van der Waals surface area contributed by atoms with Gasteiger partial charge in [-0.1, -0.05) is 27.5 Å². The Labute approximate surface area is 111 Å². The van der Waals surface area contributed by atoms with Gasteiger partial charge in [0.1, 0.15) is 11.8 Å². The van der Waals surface area contributed by atoms with Crippen LogP contribution in [-0.2, 0) is 0 Å². The molecule has 1 aromatic heterocycles. The number of rotatable bonds is 2. The smallest absolute Gasteiger partial charge is 0.237 e. The number of hydrogen-bond donors (Lipinski definition) is 0. The van der Waals surface area contributed by atoms with Gasteiger partial charge < -0.3 is 4.74 Å². The molecule has 4 nitrogen and oxygen atoms in total. The minimum atomic E-state index is 0.234. The third-order valence-corrected chi connectivity index (χ3v) is 2.66. The van der Waals surface area contributed by atoms with E-state index in [2.05, 4.69) is 25.9 Å². The van der Waals surface area contributed by atoms with Crippen molar-refractivity contribution in [2.75, 3.05) is 0 Å². The van der Waals surface area contributed by atoms with Gasteiger partial charge in [-0.2, -0.15) is 5.26 Å². The molecule has 0 unspecified atom stereocenters. The van der Waals surface area contributed by atoms with Crippen molar-refractivity contribution in [3.05, 3.63) is 45.8 Å². The molecule has 0 aliphatic carbocycles. The molecular formula is C11H5BrClN3O. The summed E-state index contributed by atoms with van der Waals surface area (Å²) in [5.74, 6) is 0.754. The van der Waals surface area contributed by atoms with E-state index >= 15 is 0 Å². The molecular weight excluding hydrogens is 305 g/mol. The van der Waals surface area contributed by atoms with Crippen molar-refractivity contribution in [2.24, 2.45) is 0 Å². The van der Waals surface area contributed by atoms with Crippen molar-refractivity contribution in [1.29, 1.82) is 5.26 Å². The van der Waals surface area contributed by atoms with Crippen molar-refractivity contribution in [3.63, 3.8) is 0 Å². The zero-order valence-corrected chi connectivity index (χ0v) is 10.7. The largest absolute Gasteiger partial charge is 0.436 e. The van der Waals surface area contributed by atoms with E-state index in [4.69, 9.17) is 21.6 Å². The van der Waals surface area contributed by atoms with E-state index in [1.165, 1.54) is 12.4 Å². The summed E-state index contributed by atoms with van der Waals surface area (Å²) in [5.41, 5.74) is 0.234. The van der Waals surface area contributed by atoms with Crippen molar-refractivity contribution >= 4 is 27.5 Å². The van der Waals surface area contributed by atoms with Crippen molar-refractivity contribution in [1.82, 2.24) is 9.97 Å². The quantitative estimate of drug-likeness (QED) is 0.851. The second-order valence-corrected chi connectivity index (χ2v) is 4.35. The standard InChI is InChI=1S/C11H5BrClN3O/c12-7-1-2-9(13)10(3-7)17-11-6-15-8(4-14)5-16-11/h1-3,5-6H. The van der Waals surface area contributed by atoms with Crippen LogP contribution in [0, 0.1) is 11.3 Å². The van der Waals surface area contributed by atoms with Crippen LogP contribution in [0.2, 0.25) is 5.02 Å². The zero-order chi connectivity index (χ0) is 12.3. The lowest BCUT2D eigenvalue weighted by Gasteiger charge is -2.06. The van der Waals surface area contributed by atoms with Crippen LogP contribution in [0.25, 0.3) is 0 Å². The van der Waals surface area contributed by atoms with E-state index in [-0.39, 0.29) is 11.6 Å². The summed E-state index contributed by atoms with van der Waals surface area (Å²) in [5, 5.41) is 9.05. The van der Waals surface area contributed by atoms with Gasteiger partial charge in [-0.05, 0) is 18.2 Å². The van der Waals surface area contributed by atoms with E-state index in [1.807, 2.05) is 6.07 Å². The maximum absolute atomic E-state index is 8.58. The predicted octanol–water partition coefficient (Wildman–Crippen LogP) is 3.56. The maximum Gasteiger partial charge on any atom is 0.237 e. The van der Waals surface area contributed by atoms with Crippen molar-refractivity contribution < 1.29 is 4.74 Å². The first-order valence-corrected chi connectivity index (χ1v) is 5.71. The van der Waals surface area contributed by atoms with Gasteiger partial charge in [-0.25, -0.2) is 9.97 Å². The first-order chi connectivity index (χ1) is 8.19. The van der Waals surface area contributed by atoms with Gasteiger partial charge in [-0.15, -0.1) is 0 Å². The third-order valence-electron chi connectivity index (χ3n) is 1.85. The molecule has 2 aromatic rings. The fourth-order valence-electron chi connectivity index (χ4n) is 1.09. The summed E-state index contributed by atoms with van der Waals surface area (Å²) in [7, 11) is 0. The van der Waals surface area contributed by atoms with Gasteiger partial charge in [0.15, 0.2) is 5.69 Å². The highest BCUT2D eigenvalue weighted by molar-refractivity contribution is 9.10. The highest BCUT2D eigenvalue weighted by Crippen LogP contribution is 2.30. The van der Waals surface area contributed by atoms with Gasteiger partial charge >= 0.3 is 0 Å². The van der Waals surface area contributed by atoms with Gasteiger partial charge in [0.05, 0.1) is 17.4 Å². The van der Waals surface area contributed by atoms with E-state index in [0.717, 1.165) is 4.47 Å². The summed E-state index contributed by atoms with van der Waals surface area (Å²) in [4.78, 5) is 7.78. The van der Waals surface area contributed by atoms with Crippen LogP contribution in [0.15, 0.2) is 35.1 Å². The Morgan fingerprint density at radius 2 is 2.12 bits per heavy atom. The molecule has 0 atom stereocenters. The first kappa shape index (κ1) is 11.8. The lowest BCUT2D eigenvalue weighted by molar-refractivity contribution is 0.460. The Balaban J connectivity index is 2.25. The number of nitrogens with zero attached hydrogens (tertiary/aromatic N) is 3. The van der Waals surface area contributed by atoms with E-state index in [0.29, 0.717) is 10.8 Å². The Morgan fingerprint density at radius 1 is 1.29 bits per heavy atom. The average molecular weight is 311 g/mol. The van der Waals surface area contributed by atoms with Crippen molar-refractivity contribution in [2.45, 2.75) is 0 Å². The molecule has 0 N–H and O–H groups in total. The number of ether oxygens (including phenoxy) is 1. The molecule has 0 fully saturated rings. The minimum absolute atomic E-state index is 0.234. The lowest BCUT2D eigenvalue weighted by Crippen LogP contribution is -1.91. The Morgan fingerprint density at radius 3 is 2.76 bits per heavy atom. The highest BCUT2D eigenvalue weighted by Gasteiger charge is 2.05. The van der Waals surface area contributed by atoms with Gasteiger partial charge in [-0.3, -0.25) is 0 Å². The number of hydrogen-bond acceptors (Lipinski definition) is 4. The third kappa shape index (κ3) is 2.93. The Hall–Kier alpha value is -1.64. The van der Waals surface area contributed by atoms with Crippen LogP contribution in [0.1, 0.15) is 5.69 Å². The first-order valence-electron chi connectivity index (χ1n) is 4.54. The van der Waals surface area contributed by atoms with Gasteiger partial charge in [0.2, 0.25) is 5.88 Å². The molecule has 0 radical (unpaired) electrons. The molecule has 0 bridgehead atoms. The average Bonchev–Trinajstić information content (AvgIpc) is 2.35. The van der Waals surface area contributed by atoms with Crippen molar-refractivity contribution in [3.8, 4) is 17.7 Å². The molecule has 1 aromatic carbocycles. The topological polar surface area (TPSA) is 58.8 Å². The SMILES string of the molecule is N#Cc1cnc(Oc2cc(Br)ccc2Cl)cn1. The molecule has 0 aliphatic heterocycles. The van der Waals surface area contributed by atoms with E-state index in [1.54, 1.807) is 18.2 Å². The van der Waals surface area contributed by atoms with Crippen LogP contribution < -0.4 is 4.74 Å². The predicted molar refractivity (Wildman–Crippen MR) is 66.0 cm³/mol. The van der Waals surface area contributed by atoms with Crippen LogP contribution in [0.5, 0.6) is 11.6 Å². The maximum atomic E-state index is 8.58. The molecule has 0 saturated heterocycles.